The fourth-order valence-electron chi connectivity index (χ4n) is 3.10. The van der Waals surface area contributed by atoms with Gasteiger partial charge < -0.3 is 10.1 Å². The summed E-state index contributed by atoms with van der Waals surface area (Å²) in [5, 5.41) is 17.8. The predicted octanol–water partition coefficient (Wildman–Crippen LogP) is 2.15. The minimum absolute atomic E-state index is 0.0620. The van der Waals surface area contributed by atoms with Crippen LogP contribution in [0.15, 0.2) is 52.1 Å². The number of aryl methyl sites for hydroxylation is 1. The molecule has 4 aromatic rings. The molecule has 7 nitrogen and oxygen atoms in total. The average Bonchev–Trinajstić information content (AvgIpc) is 2.91. The largest absolute Gasteiger partial charge is 0.493 e. The smallest absolute Gasteiger partial charge is 0.333 e. The predicted molar refractivity (Wildman–Crippen MR) is 97.9 cm³/mol. The molecular weight excluding hydrogens is 351 g/mol. The number of aromatic nitrogens is 4. The summed E-state index contributed by atoms with van der Waals surface area (Å²) in [5.41, 5.74) is 0.555. The van der Waals surface area contributed by atoms with Crippen molar-refractivity contribution in [1.82, 2.24) is 19.7 Å². The summed E-state index contributed by atoms with van der Waals surface area (Å²) in [6, 6.07) is 11.4. The number of fused-ring (bicyclic) bond motifs is 1. The van der Waals surface area contributed by atoms with Gasteiger partial charge in [0.1, 0.15) is 5.82 Å². The van der Waals surface area contributed by atoms with E-state index in [1.165, 1.54) is 19.1 Å². The van der Waals surface area contributed by atoms with Crippen LogP contribution in [0, 0.1) is 12.7 Å². The van der Waals surface area contributed by atoms with Crippen LogP contribution in [0.2, 0.25) is 0 Å². The maximum atomic E-state index is 14.3. The topological polar surface area (TPSA) is 104 Å². The maximum absolute atomic E-state index is 14.3. The molecule has 0 saturated heterocycles. The summed E-state index contributed by atoms with van der Waals surface area (Å²) < 4.78 is 15.2. The second kappa shape index (κ2) is 6.24. The van der Waals surface area contributed by atoms with Crippen LogP contribution < -0.4 is 11.2 Å². The van der Waals surface area contributed by atoms with Crippen molar-refractivity contribution in [2.45, 2.75) is 13.3 Å². The molecule has 0 aliphatic heterocycles. The number of rotatable bonds is 3. The van der Waals surface area contributed by atoms with Crippen LogP contribution in [0.4, 0.5) is 4.39 Å². The molecule has 136 valence electrons. The first-order chi connectivity index (χ1) is 13.0. The van der Waals surface area contributed by atoms with Crippen molar-refractivity contribution < 1.29 is 9.50 Å². The highest BCUT2D eigenvalue weighted by Crippen LogP contribution is 2.23. The Morgan fingerprint density at radius 2 is 1.89 bits per heavy atom. The second-order valence-corrected chi connectivity index (χ2v) is 6.22. The highest BCUT2D eigenvalue weighted by atomic mass is 19.1. The van der Waals surface area contributed by atoms with E-state index in [9.17, 15) is 19.1 Å². The Kier molecular flexibility index (Phi) is 3.88. The van der Waals surface area contributed by atoms with E-state index in [0.29, 0.717) is 28.5 Å². The van der Waals surface area contributed by atoms with Crippen molar-refractivity contribution in [2.24, 2.45) is 0 Å². The number of hydrogen-bond donors (Lipinski definition) is 3. The first-order valence-electron chi connectivity index (χ1n) is 8.21. The minimum Gasteiger partial charge on any atom is -0.493 e. The third kappa shape index (κ3) is 2.80. The molecule has 4 rings (SSSR count). The van der Waals surface area contributed by atoms with Gasteiger partial charge in [-0.15, -0.1) is 0 Å². The van der Waals surface area contributed by atoms with E-state index in [2.05, 4.69) is 15.2 Å². The summed E-state index contributed by atoms with van der Waals surface area (Å²) in [7, 11) is 0. The highest BCUT2D eigenvalue weighted by molar-refractivity contribution is 5.83. The van der Waals surface area contributed by atoms with Gasteiger partial charge in [0.15, 0.2) is 0 Å². The number of hydrogen-bond acceptors (Lipinski definition) is 4. The van der Waals surface area contributed by atoms with Crippen LogP contribution in [-0.2, 0) is 6.42 Å². The van der Waals surface area contributed by atoms with E-state index in [-0.39, 0.29) is 22.8 Å². The molecule has 2 heterocycles. The van der Waals surface area contributed by atoms with E-state index >= 15 is 0 Å². The maximum Gasteiger partial charge on any atom is 0.333 e. The van der Waals surface area contributed by atoms with Gasteiger partial charge in [-0.2, -0.15) is 5.10 Å². The van der Waals surface area contributed by atoms with Gasteiger partial charge in [-0.3, -0.25) is 4.79 Å². The molecule has 0 unspecified atom stereocenters. The van der Waals surface area contributed by atoms with Crippen LogP contribution in [0.1, 0.15) is 17.0 Å². The number of benzene rings is 2. The molecule has 3 N–H and O–H groups in total. The SMILES string of the molecule is Cc1[nH]c(=O)n(-c2cc(Cc3n[nH]c(=O)c4ccccc34)ccc2F)c1O. The number of aromatic hydroxyl groups is 1. The fourth-order valence-corrected chi connectivity index (χ4v) is 3.10. The average molecular weight is 366 g/mol. The third-order valence-electron chi connectivity index (χ3n) is 4.44. The molecule has 2 aromatic heterocycles. The molecule has 0 fully saturated rings. The van der Waals surface area contributed by atoms with Crippen LogP contribution in [-0.4, -0.2) is 24.9 Å². The standard InChI is InChI=1S/C19H15FN4O3/c1-10-18(26)24(19(27)21-10)16-9-11(6-7-14(16)20)8-15-12-4-2-3-5-13(12)17(25)23-22-15/h2-7,9,26H,8H2,1H3,(H,21,27)(H,23,25). The lowest BCUT2D eigenvalue weighted by atomic mass is 10.0. The number of nitrogens with zero attached hydrogens (tertiary/aromatic N) is 2. The first kappa shape index (κ1) is 16.8. The van der Waals surface area contributed by atoms with Gasteiger partial charge in [-0.05, 0) is 30.7 Å². The van der Waals surface area contributed by atoms with Crippen LogP contribution in [0.25, 0.3) is 16.5 Å². The zero-order valence-corrected chi connectivity index (χ0v) is 14.3. The van der Waals surface area contributed by atoms with Gasteiger partial charge in [0, 0.05) is 11.8 Å². The number of halogens is 1. The van der Waals surface area contributed by atoms with E-state index in [4.69, 9.17) is 0 Å². The first-order valence-corrected chi connectivity index (χ1v) is 8.21. The van der Waals surface area contributed by atoms with Crippen molar-refractivity contribution in [3.8, 4) is 11.6 Å². The fraction of sp³-hybridized carbons (Fsp3) is 0.105. The lowest BCUT2D eigenvalue weighted by Crippen LogP contribution is -2.16. The molecule has 2 aromatic carbocycles. The monoisotopic (exact) mass is 366 g/mol. The molecule has 0 bridgehead atoms. The summed E-state index contributed by atoms with van der Waals surface area (Å²) in [5.74, 6) is -0.988. The molecule has 8 heteroatoms. The van der Waals surface area contributed by atoms with Gasteiger partial charge in [0.05, 0.1) is 22.5 Å². The summed E-state index contributed by atoms with van der Waals surface area (Å²) in [6.45, 7) is 1.52. The van der Waals surface area contributed by atoms with Gasteiger partial charge in [-0.1, -0.05) is 24.3 Å². The van der Waals surface area contributed by atoms with Gasteiger partial charge >= 0.3 is 5.69 Å². The van der Waals surface area contributed by atoms with Crippen LogP contribution in [0.3, 0.4) is 0 Å². The van der Waals surface area contributed by atoms with E-state index in [1.54, 1.807) is 24.3 Å². The van der Waals surface area contributed by atoms with Crippen LogP contribution >= 0.6 is 0 Å². The Morgan fingerprint density at radius 1 is 1.15 bits per heavy atom. The molecule has 0 spiro atoms. The zero-order valence-electron chi connectivity index (χ0n) is 14.3. The quantitative estimate of drug-likeness (QED) is 0.517. The Labute approximate surface area is 151 Å². The third-order valence-corrected chi connectivity index (χ3v) is 4.44. The van der Waals surface area contributed by atoms with Crippen molar-refractivity contribution in [1.29, 1.82) is 0 Å². The number of aromatic amines is 2. The molecule has 0 radical (unpaired) electrons. The van der Waals surface area contributed by atoms with Crippen molar-refractivity contribution >= 4 is 10.8 Å². The number of H-pyrrole nitrogens is 2. The molecule has 0 aliphatic rings. The Balaban J connectivity index is 1.82. The van der Waals surface area contributed by atoms with E-state index in [0.717, 1.165) is 4.57 Å². The Bertz CT molecular complexity index is 1290. The number of imidazole rings is 1. The zero-order chi connectivity index (χ0) is 19.1. The molecule has 27 heavy (non-hydrogen) atoms. The lowest BCUT2D eigenvalue weighted by Gasteiger charge is -2.09. The van der Waals surface area contributed by atoms with Gasteiger partial charge in [0.2, 0.25) is 5.88 Å². The molecule has 0 aliphatic carbocycles. The number of nitrogens with one attached hydrogen (secondary N) is 2. The molecular formula is C19H15FN4O3. The van der Waals surface area contributed by atoms with Crippen molar-refractivity contribution in [3.05, 3.63) is 86.1 Å². The van der Waals surface area contributed by atoms with Gasteiger partial charge in [0.25, 0.3) is 5.56 Å². The summed E-state index contributed by atoms with van der Waals surface area (Å²) in [6.07, 6.45) is 0.309. The minimum atomic E-state index is -0.644. The molecule has 0 atom stereocenters. The lowest BCUT2D eigenvalue weighted by molar-refractivity contribution is 0.434. The highest BCUT2D eigenvalue weighted by Gasteiger charge is 2.16. The molecule has 0 saturated carbocycles. The summed E-state index contributed by atoms with van der Waals surface area (Å²) in [4.78, 5) is 26.4. The van der Waals surface area contributed by atoms with E-state index < -0.39 is 11.5 Å². The Hall–Kier alpha value is -3.68. The summed E-state index contributed by atoms with van der Waals surface area (Å²) >= 11 is 0. The normalized spacial score (nSPS) is 11.2. The molecule has 0 amide bonds. The second-order valence-electron chi connectivity index (χ2n) is 6.22. The van der Waals surface area contributed by atoms with Crippen molar-refractivity contribution in [2.75, 3.05) is 0 Å². The van der Waals surface area contributed by atoms with Crippen molar-refractivity contribution in [3.63, 3.8) is 0 Å². The van der Waals surface area contributed by atoms with Crippen LogP contribution in [0.5, 0.6) is 5.88 Å². The van der Waals surface area contributed by atoms with Gasteiger partial charge in [-0.25, -0.2) is 18.9 Å². The Morgan fingerprint density at radius 3 is 2.59 bits per heavy atom. The van der Waals surface area contributed by atoms with E-state index in [1.807, 2.05) is 6.07 Å².